The van der Waals surface area contributed by atoms with Crippen LogP contribution in [-0.2, 0) is 6.54 Å². The molecule has 0 atom stereocenters. The third kappa shape index (κ3) is 4.95. The van der Waals surface area contributed by atoms with Gasteiger partial charge in [0, 0.05) is 23.9 Å². The van der Waals surface area contributed by atoms with Crippen molar-refractivity contribution >= 4 is 30.3 Å². The van der Waals surface area contributed by atoms with E-state index in [2.05, 4.69) is 23.3 Å². The third-order valence-electron chi connectivity index (χ3n) is 1.76. The van der Waals surface area contributed by atoms with Gasteiger partial charge in [-0.25, -0.2) is 4.79 Å². The van der Waals surface area contributed by atoms with Crippen molar-refractivity contribution in [3.8, 4) is 0 Å². The normalized spacial score (nSPS) is 9.73. The summed E-state index contributed by atoms with van der Waals surface area (Å²) in [5, 5.41) is 6.08. The van der Waals surface area contributed by atoms with Gasteiger partial charge in [0.15, 0.2) is 0 Å². The number of carbonyl (C=O) groups is 1. The molecule has 82 valence electrons. The van der Waals surface area contributed by atoms with Crippen LogP contribution in [0.3, 0.4) is 0 Å². The van der Waals surface area contributed by atoms with Crippen molar-refractivity contribution in [2.24, 2.45) is 0 Å². The molecular weight excluding hydrogens is 232 g/mol. The molecule has 0 fully saturated rings. The molecule has 1 rings (SSSR count). The highest BCUT2D eigenvalue weighted by Crippen LogP contribution is 2.08. The fraction of sp³-hybridized carbons (Fsp3) is 0.300. The number of carbonyl (C=O) groups excluding carboxylic acids is 1. The van der Waals surface area contributed by atoms with Gasteiger partial charge in [0.2, 0.25) is 0 Å². The van der Waals surface area contributed by atoms with E-state index in [1.165, 1.54) is 0 Å². The highest BCUT2D eigenvalue weighted by molar-refractivity contribution is 7.80. The molecule has 0 heterocycles. The number of benzene rings is 1. The molecule has 0 spiro atoms. The standard InChI is InChI=1S/C10H13ClN2OS/c11-9-3-1-8(2-4-9)7-13-10(14)12-5-6-15/h1-4,15H,5-7H2,(H2,12,13,14). The van der Waals surface area contributed by atoms with Crippen molar-refractivity contribution in [1.82, 2.24) is 10.6 Å². The van der Waals surface area contributed by atoms with Crippen LogP contribution in [0.2, 0.25) is 5.02 Å². The molecule has 0 aromatic heterocycles. The maximum Gasteiger partial charge on any atom is 0.315 e. The highest BCUT2D eigenvalue weighted by Gasteiger charge is 1.98. The van der Waals surface area contributed by atoms with E-state index in [0.717, 1.165) is 5.56 Å². The molecule has 0 aliphatic carbocycles. The second-order valence-corrected chi connectivity index (χ2v) is 3.84. The summed E-state index contributed by atoms with van der Waals surface area (Å²) in [5.41, 5.74) is 1.01. The molecule has 1 aromatic rings. The van der Waals surface area contributed by atoms with E-state index in [1.807, 2.05) is 12.1 Å². The number of rotatable bonds is 4. The van der Waals surface area contributed by atoms with Crippen LogP contribution in [-0.4, -0.2) is 18.3 Å². The topological polar surface area (TPSA) is 41.1 Å². The zero-order valence-electron chi connectivity index (χ0n) is 8.16. The molecule has 0 aliphatic heterocycles. The quantitative estimate of drug-likeness (QED) is 0.698. The fourth-order valence-electron chi connectivity index (χ4n) is 1.02. The van der Waals surface area contributed by atoms with E-state index >= 15 is 0 Å². The van der Waals surface area contributed by atoms with E-state index < -0.39 is 0 Å². The monoisotopic (exact) mass is 244 g/mol. The smallest absolute Gasteiger partial charge is 0.315 e. The van der Waals surface area contributed by atoms with Crippen molar-refractivity contribution < 1.29 is 4.79 Å². The van der Waals surface area contributed by atoms with Crippen molar-refractivity contribution in [3.63, 3.8) is 0 Å². The lowest BCUT2D eigenvalue weighted by atomic mass is 10.2. The molecule has 0 aliphatic rings. The molecule has 2 N–H and O–H groups in total. The second kappa shape index (κ2) is 6.58. The van der Waals surface area contributed by atoms with E-state index in [0.29, 0.717) is 23.9 Å². The number of halogens is 1. The number of thiol groups is 1. The van der Waals surface area contributed by atoms with E-state index in [9.17, 15) is 4.79 Å². The van der Waals surface area contributed by atoms with Gasteiger partial charge in [-0.2, -0.15) is 12.6 Å². The summed E-state index contributed by atoms with van der Waals surface area (Å²) in [6.45, 7) is 1.06. The van der Waals surface area contributed by atoms with Gasteiger partial charge >= 0.3 is 6.03 Å². The highest BCUT2D eigenvalue weighted by atomic mass is 35.5. The van der Waals surface area contributed by atoms with Crippen LogP contribution in [0.1, 0.15) is 5.56 Å². The Morgan fingerprint density at radius 2 is 1.93 bits per heavy atom. The summed E-state index contributed by atoms with van der Waals surface area (Å²) < 4.78 is 0. The summed E-state index contributed by atoms with van der Waals surface area (Å²) in [6.07, 6.45) is 0. The SMILES string of the molecule is O=C(NCCS)NCc1ccc(Cl)cc1. The van der Waals surface area contributed by atoms with Gasteiger partial charge in [0.1, 0.15) is 0 Å². The molecule has 0 unspecified atom stereocenters. The second-order valence-electron chi connectivity index (χ2n) is 2.96. The summed E-state index contributed by atoms with van der Waals surface area (Å²) in [5.74, 6) is 0.633. The lowest BCUT2D eigenvalue weighted by Gasteiger charge is -2.06. The van der Waals surface area contributed by atoms with E-state index in [1.54, 1.807) is 12.1 Å². The van der Waals surface area contributed by atoms with Crippen molar-refractivity contribution in [1.29, 1.82) is 0 Å². The number of urea groups is 1. The van der Waals surface area contributed by atoms with Crippen LogP contribution in [0.4, 0.5) is 4.79 Å². The Balaban J connectivity index is 2.30. The van der Waals surface area contributed by atoms with Crippen LogP contribution in [0.25, 0.3) is 0 Å². The van der Waals surface area contributed by atoms with Gasteiger partial charge in [0.05, 0.1) is 0 Å². The molecular formula is C10H13ClN2OS. The zero-order chi connectivity index (χ0) is 11.1. The molecule has 5 heteroatoms. The predicted molar refractivity (Wildman–Crippen MR) is 65.5 cm³/mol. The Morgan fingerprint density at radius 1 is 1.27 bits per heavy atom. The molecule has 2 amide bonds. The average molecular weight is 245 g/mol. The van der Waals surface area contributed by atoms with E-state index in [4.69, 9.17) is 11.6 Å². The Kier molecular flexibility index (Phi) is 5.36. The van der Waals surface area contributed by atoms with Gasteiger partial charge in [0.25, 0.3) is 0 Å². The van der Waals surface area contributed by atoms with Crippen molar-refractivity contribution in [2.45, 2.75) is 6.54 Å². The average Bonchev–Trinajstić information content (AvgIpc) is 2.25. The van der Waals surface area contributed by atoms with E-state index in [-0.39, 0.29) is 6.03 Å². The fourth-order valence-corrected chi connectivity index (χ4v) is 1.25. The minimum atomic E-state index is -0.181. The molecule has 0 saturated carbocycles. The number of nitrogens with one attached hydrogen (secondary N) is 2. The lowest BCUT2D eigenvalue weighted by molar-refractivity contribution is 0.241. The maximum absolute atomic E-state index is 11.2. The number of hydrogen-bond donors (Lipinski definition) is 3. The summed E-state index contributed by atoms with van der Waals surface area (Å²) in [6, 6.07) is 7.16. The zero-order valence-corrected chi connectivity index (χ0v) is 9.81. The summed E-state index contributed by atoms with van der Waals surface area (Å²) in [7, 11) is 0. The molecule has 0 bridgehead atoms. The van der Waals surface area contributed by atoms with Crippen LogP contribution in [0.15, 0.2) is 24.3 Å². The van der Waals surface area contributed by atoms with Crippen LogP contribution in [0.5, 0.6) is 0 Å². The van der Waals surface area contributed by atoms with Crippen LogP contribution < -0.4 is 10.6 Å². The first-order valence-corrected chi connectivity index (χ1v) is 5.60. The minimum Gasteiger partial charge on any atom is -0.337 e. The molecule has 0 radical (unpaired) electrons. The Hall–Kier alpha value is -0.870. The Labute approximate surface area is 99.6 Å². The van der Waals surface area contributed by atoms with Gasteiger partial charge in [-0.15, -0.1) is 0 Å². The first-order valence-electron chi connectivity index (χ1n) is 4.59. The molecule has 1 aromatic carbocycles. The van der Waals surface area contributed by atoms with Gasteiger partial charge < -0.3 is 10.6 Å². The Morgan fingerprint density at radius 3 is 2.53 bits per heavy atom. The van der Waals surface area contributed by atoms with Gasteiger partial charge in [-0.3, -0.25) is 0 Å². The summed E-state index contributed by atoms with van der Waals surface area (Å²) in [4.78, 5) is 11.2. The summed E-state index contributed by atoms with van der Waals surface area (Å²) >= 11 is 9.72. The van der Waals surface area contributed by atoms with Crippen molar-refractivity contribution in [3.05, 3.63) is 34.9 Å². The Bertz CT molecular complexity index is 316. The van der Waals surface area contributed by atoms with Crippen molar-refractivity contribution in [2.75, 3.05) is 12.3 Å². The van der Waals surface area contributed by atoms with Crippen LogP contribution >= 0.6 is 24.2 Å². The molecule has 3 nitrogen and oxygen atoms in total. The largest absolute Gasteiger partial charge is 0.337 e. The maximum atomic E-state index is 11.2. The first kappa shape index (κ1) is 12.2. The lowest BCUT2D eigenvalue weighted by Crippen LogP contribution is -2.36. The molecule has 15 heavy (non-hydrogen) atoms. The number of hydrogen-bond acceptors (Lipinski definition) is 2. The molecule has 0 saturated heterocycles. The predicted octanol–water partition coefficient (Wildman–Crippen LogP) is 2.07. The van der Waals surface area contributed by atoms with Gasteiger partial charge in [-0.05, 0) is 17.7 Å². The van der Waals surface area contributed by atoms with Gasteiger partial charge in [-0.1, -0.05) is 23.7 Å². The third-order valence-corrected chi connectivity index (χ3v) is 2.24. The first-order chi connectivity index (χ1) is 7.22. The number of amides is 2. The van der Waals surface area contributed by atoms with Crippen LogP contribution in [0, 0.1) is 0 Å². The minimum absolute atomic E-state index is 0.181.